The van der Waals surface area contributed by atoms with Crippen molar-refractivity contribution in [3.8, 4) is 5.75 Å². The quantitative estimate of drug-likeness (QED) is 0.133. The average Bonchev–Trinajstić information content (AvgIpc) is 3.14. The van der Waals surface area contributed by atoms with Crippen LogP contribution in [0.5, 0.6) is 5.75 Å². The molecule has 0 bridgehead atoms. The molecule has 0 aliphatic carbocycles. The van der Waals surface area contributed by atoms with Crippen molar-refractivity contribution < 1.29 is 42.0 Å². The maximum atomic E-state index is 14.4. The lowest BCUT2D eigenvalue weighted by Crippen LogP contribution is -2.53. The molecule has 296 valence electrons. The molecule has 2 heterocycles. The number of benzene rings is 3. The fraction of sp³-hybridized carbons (Fsp3) is 0.548. The van der Waals surface area contributed by atoms with E-state index in [2.05, 4.69) is 30.0 Å². The fourth-order valence-corrected chi connectivity index (χ4v) is 9.00. The molecule has 12 heteroatoms. The van der Waals surface area contributed by atoms with Crippen molar-refractivity contribution in [2.24, 2.45) is 11.3 Å². The van der Waals surface area contributed by atoms with Crippen LogP contribution in [0.1, 0.15) is 68.2 Å². The van der Waals surface area contributed by atoms with E-state index in [4.69, 9.17) is 23.7 Å². The number of hydrogen-bond acceptors (Lipinski definition) is 9. The Kier molecular flexibility index (Phi) is 14.6. The van der Waals surface area contributed by atoms with Gasteiger partial charge in [-0.25, -0.2) is 8.42 Å². The van der Waals surface area contributed by atoms with E-state index in [1.54, 1.807) is 52.3 Å². The summed E-state index contributed by atoms with van der Waals surface area (Å²) >= 11 is 0. The summed E-state index contributed by atoms with van der Waals surface area (Å²) < 4.78 is 59.6. The van der Waals surface area contributed by atoms with Gasteiger partial charge in [-0.1, -0.05) is 55.0 Å². The largest absolute Gasteiger partial charge is 0.490 e. The second-order valence-electron chi connectivity index (χ2n) is 15.4. The lowest BCUT2D eigenvalue weighted by molar-refractivity contribution is -0.148. The Morgan fingerprint density at radius 1 is 0.981 bits per heavy atom. The fourth-order valence-electron chi connectivity index (χ4n) is 7.35. The first-order chi connectivity index (χ1) is 25.8. The Morgan fingerprint density at radius 2 is 1.70 bits per heavy atom. The number of nitrogens with zero attached hydrogens (tertiary/aromatic N) is 2. The van der Waals surface area contributed by atoms with E-state index in [0.29, 0.717) is 39.5 Å². The molecule has 54 heavy (non-hydrogen) atoms. The molecule has 1 N–H and O–H groups in total. The third-order valence-corrected chi connectivity index (χ3v) is 12.4. The molecule has 0 saturated carbocycles. The van der Waals surface area contributed by atoms with Gasteiger partial charge in [0.2, 0.25) is 10.0 Å². The van der Waals surface area contributed by atoms with Crippen LogP contribution in [0.4, 0.5) is 5.69 Å². The molecule has 0 amide bonds. The van der Waals surface area contributed by atoms with Crippen molar-refractivity contribution in [2.45, 2.75) is 83.1 Å². The van der Waals surface area contributed by atoms with Crippen molar-refractivity contribution in [1.29, 1.82) is 0 Å². The number of ether oxygens (including phenoxy) is 5. The van der Waals surface area contributed by atoms with E-state index in [0.717, 1.165) is 53.2 Å². The van der Waals surface area contributed by atoms with Crippen LogP contribution < -0.4 is 9.64 Å². The monoisotopic (exact) mass is 766 g/mol. The lowest BCUT2D eigenvalue weighted by atomic mass is 9.77. The van der Waals surface area contributed by atoms with Crippen LogP contribution in [0.2, 0.25) is 0 Å². The summed E-state index contributed by atoms with van der Waals surface area (Å²) in [6.45, 7) is 12.2. The zero-order valence-electron chi connectivity index (χ0n) is 32.7. The van der Waals surface area contributed by atoms with E-state index in [-0.39, 0.29) is 36.3 Å². The number of rotatable bonds is 19. The molecule has 0 radical (unpaired) electrons. The highest BCUT2D eigenvalue weighted by Crippen LogP contribution is 2.41. The molecule has 2 aliphatic heterocycles. The first-order valence-electron chi connectivity index (χ1n) is 18.9. The number of methoxy groups -OCH3 is 2. The number of fused-ring (bicyclic) bond motifs is 1. The zero-order chi connectivity index (χ0) is 38.9. The topological polar surface area (TPSA) is 124 Å². The maximum Gasteiger partial charge on any atom is 0.309 e. The smallest absolute Gasteiger partial charge is 0.309 e. The van der Waals surface area contributed by atoms with Gasteiger partial charge in [-0.05, 0) is 81.0 Å². The Labute approximate surface area is 321 Å². The summed E-state index contributed by atoms with van der Waals surface area (Å²) in [5, 5.41) is 10.2. The maximum absolute atomic E-state index is 14.4. The van der Waals surface area contributed by atoms with E-state index < -0.39 is 33.6 Å². The number of carboxylic acid groups (broad SMARTS) is 1. The third-order valence-electron chi connectivity index (χ3n) is 10.4. The van der Waals surface area contributed by atoms with Crippen LogP contribution in [-0.4, -0.2) is 96.2 Å². The SMILES string of the molecule is COCCCN1CCOc2ccc(CO[C@H]3CN(S(=O)(=O)c4ccc(C)cc4)[C@H](CC(C)(C)C(=O)O)C[C@@H]3c3ccc(COCC(C)COC)cc3)cc21. The highest BCUT2D eigenvalue weighted by molar-refractivity contribution is 7.89. The molecule has 1 saturated heterocycles. The third kappa shape index (κ3) is 10.6. The molecule has 2 aliphatic rings. The van der Waals surface area contributed by atoms with Crippen molar-refractivity contribution in [3.63, 3.8) is 0 Å². The molecular formula is C42H58N2O9S. The van der Waals surface area contributed by atoms with Gasteiger partial charge in [0.15, 0.2) is 0 Å². The normalized spacial score (nSPS) is 20.0. The second-order valence-corrected chi connectivity index (χ2v) is 17.3. The molecule has 0 aromatic heterocycles. The number of hydrogen-bond donors (Lipinski definition) is 1. The Morgan fingerprint density at radius 3 is 2.39 bits per heavy atom. The second kappa shape index (κ2) is 18.9. The van der Waals surface area contributed by atoms with Crippen LogP contribution in [0, 0.1) is 18.3 Å². The minimum absolute atomic E-state index is 0.0701. The number of piperidine rings is 1. The Bertz CT molecular complexity index is 1770. The zero-order valence-corrected chi connectivity index (χ0v) is 33.5. The van der Waals surface area contributed by atoms with Gasteiger partial charge in [0.25, 0.3) is 0 Å². The highest BCUT2D eigenvalue weighted by atomic mass is 32.2. The summed E-state index contributed by atoms with van der Waals surface area (Å²) in [5.41, 5.74) is 3.77. The Hall–Kier alpha value is -3.52. The summed E-state index contributed by atoms with van der Waals surface area (Å²) in [6, 6.07) is 20.5. The van der Waals surface area contributed by atoms with Gasteiger partial charge in [0.1, 0.15) is 12.4 Å². The van der Waals surface area contributed by atoms with Gasteiger partial charge in [0.05, 0.1) is 55.1 Å². The van der Waals surface area contributed by atoms with Gasteiger partial charge in [-0.15, -0.1) is 0 Å². The molecule has 1 fully saturated rings. The van der Waals surface area contributed by atoms with Gasteiger partial charge in [0, 0.05) is 51.8 Å². The molecule has 3 aromatic rings. The number of aryl methyl sites for hydroxylation is 1. The van der Waals surface area contributed by atoms with Gasteiger partial charge >= 0.3 is 5.97 Å². The van der Waals surface area contributed by atoms with Crippen LogP contribution in [0.3, 0.4) is 0 Å². The highest BCUT2D eigenvalue weighted by Gasteiger charge is 2.46. The summed E-state index contributed by atoms with van der Waals surface area (Å²) in [5.74, 6) is -0.0643. The number of aliphatic carboxylic acids is 1. The Balaban J connectivity index is 1.45. The molecule has 0 spiro atoms. The average molecular weight is 767 g/mol. The predicted octanol–water partition coefficient (Wildman–Crippen LogP) is 6.66. The van der Waals surface area contributed by atoms with Crippen LogP contribution in [0.15, 0.2) is 71.6 Å². The number of anilines is 1. The summed E-state index contributed by atoms with van der Waals surface area (Å²) in [7, 11) is -0.615. The van der Waals surface area contributed by atoms with Crippen molar-refractivity contribution in [1.82, 2.24) is 4.31 Å². The van der Waals surface area contributed by atoms with Gasteiger partial charge in [-0.2, -0.15) is 4.31 Å². The first kappa shape index (κ1) is 41.6. The standard InChI is InChI=1S/C42H58N2O9S/c1-30-8-15-36(16-9-30)54(47,48)44-25-40(53-29-33-12-17-39-38(22-33)43(19-21-52-39)18-7-20-49-5)37(23-35(44)24-42(3,4)41(45)46)34-13-10-32(11-14-34)28-51-27-31(2)26-50-6/h8-17,22,31,35,37,40H,7,18-21,23-29H2,1-6H3,(H,45,46)/t31?,35-,37+,40-/m0/s1. The van der Waals surface area contributed by atoms with Crippen molar-refractivity contribution >= 4 is 21.7 Å². The van der Waals surface area contributed by atoms with E-state index >= 15 is 0 Å². The molecule has 1 unspecified atom stereocenters. The minimum Gasteiger partial charge on any atom is -0.490 e. The van der Waals surface area contributed by atoms with Gasteiger partial charge < -0.3 is 33.7 Å². The summed E-state index contributed by atoms with van der Waals surface area (Å²) in [4.78, 5) is 14.9. The van der Waals surface area contributed by atoms with E-state index in [1.807, 2.05) is 31.2 Å². The molecule has 11 nitrogen and oxygen atoms in total. The van der Waals surface area contributed by atoms with Crippen LogP contribution >= 0.6 is 0 Å². The van der Waals surface area contributed by atoms with Crippen LogP contribution in [0.25, 0.3) is 0 Å². The van der Waals surface area contributed by atoms with E-state index in [1.165, 1.54) is 4.31 Å². The molecule has 3 aromatic carbocycles. The number of carbonyl (C=O) groups is 1. The molecule has 4 atom stereocenters. The lowest BCUT2D eigenvalue weighted by Gasteiger charge is -2.45. The minimum atomic E-state index is -4.00. The molecular weight excluding hydrogens is 709 g/mol. The number of carboxylic acids is 1. The van der Waals surface area contributed by atoms with Crippen molar-refractivity contribution in [3.05, 3.63) is 89.0 Å². The first-order valence-corrected chi connectivity index (χ1v) is 20.3. The summed E-state index contributed by atoms with van der Waals surface area (Å²) in [6.07, 6.45) is 0.911. The number of sulfonamides is 1. The van der Waals surface area contributed by atoms with Crippen molar-refractivity contribution in [2.75, 3.05) is 65.2 Å². The van der Waals surface area contributed by atoms with Gasteiger partial charge in [-0.3, -0.25) is 4.79 Å². The van der Waals surface area contributed by atoms with E-state index in [9.17, 15) is 18.3 Å². The predicted molar refractivity (Wildman–Crippen MR) is 209 cm³/mol. The molecule has 5 rings (SSSR count). The van der Waals surface area contributed by atoms with Crippen LogP contribution in [-0.2, 0) is 47.0 Å².